The van der Waals surface area contributed by atoms with Crippen molar-refractivity contribution in [2.75, 3.05) is 12.3 Å². The molecule has 1 aromatic carbocycles. The fourth-order valence-corrected chi connectivity index (χ4v) is 2.05. The van der Waals surface area contributed by atoms with Crippen molar-refractivity contribution in [1.82, 2.24) is 5.32 Å². The molecule has 1 unspecified atom stereocenters. The molecule has 3 nitrogen and oxygen atoms in total. The zero-order valence-corrected chi connectivity index (χ0v) is 9.00. The normalized spacial score (nSPS) is 19.9. The van der Waals surface area contributed by atoms with E-state index in [1.165, 1.54) is 18.2 Å². The minimum atomic E-state index is -0.409. The van der Waals surface area contributed by atoms with E-state index in [1.807, 2.05) is 0 Å². The van der Waals surface area contributed by atoms with Gasteiger partial charge in [0.2, 0.25) is 0 Å². The molecule has 0 spiro atoms. The second-order valence-electron chi connectivity index (χ2n) is 4.15. The lowest BCUT2D eigenvalue weighted by Crippen LogP contribution is -2.24. The van der Waals surface area contributed by atoms with Crippen molar-refractivity contribution in [3.05, 3.63) is 29.6 Å². The van der Waals surface area contributed by atoms with Gasteiger partial charge in [0.15, 0.2) is 5.78 Å². The number of hydrogen-bond acceptors (Lipinski definition) is 3. The van der Waals surface area contributed by atoms with Gasteiger partial charge in [0.1, 0.15) is 5.82 Å². The van der Waals surface area contributed by atoms with Crippen molar-refractivity contribution in [2.45, 2.75) is 25.3 Å². The van der Waals surface area contributed by atoms with E-state index in [0.29, 0.717) is 12.0 Å². The molecule has 1 aromatic rings. The molecule has 4 heteroatoms. The van der Waals surface area contributed by atoms with Crippen LogP contribution in [0.4, 0.5) is 10.1 Å². The third-order valence-electron chi connectivity index (χ3n) is 2.91. The molecule has 3 N–H and O–H groups in total. The highest BCUT2D eigenvalue weighted by Gasteiger charge is 2.19. The van der Waals surface area contributed by atoms with Gasteiger partial charge in [-0.1, -0.05) is 0 Å². The Labute approximate surface area is 93.8 Å². The molecular weight excluding hydrogens is 207 g/mol. The Morgan fingerprint density at radius 3 is 3.00 bits per heavy atom. The second-order valence-corrected chi connectivity index (χ2v) is 4.15. The molecule has 0 bridgehead atoms. The minimum Gasteiger partial charge on any atom is -0.398 e. The van der Waals surface area contributed by atoms with E-state index < -0.39 is 5.82 Å². The van der Waals surface area contributed by atoms with Gasteiger partial charge >= 0.3 is 0 Å². The summed E-state index contributed by atoms with van der Waals surface area (Å²) < 4.78 is 12.8. The van der Waals surface area contributed by atoms with Crippen LogP contribution in [-0.2, 0) is 0 Å². The topological polar surface area (TPSA) is 55.1 Å². The van der Waals surface area contributed by atoms with E-state index in [9.17, 15) is 9.18 Å². The van der Waals surface area contributed by atoms with E-state index in [0.717, 1.165) is 19.4 Å². The van der Waals surface area contributed by atoms with Crippen LogP contribution >= 0.6 is 0 Å². The van der Waals surface area contributed by atoms with E-state index in [-0.39, 0.29) is 17.5 Å². The number of carbonyl (C=O) groups is 1. The number of nitrogen functional groups attached to an aromatic ring is 1. The standard InChI is InChI=1S/C12H15FN2O/c13-8-3-4-10(11(14)6-8)12(16)7-9-2-1-5-15-9/h3-4,6,9,15H,1-2,5,7,14H2. The zero-order chi connectivity index (χ0) is 11.5. The van der Waals surface area contributed by atoms with Gasteiger partial charge in [0.25, 0.3) is 0 Å². The Morgan fingerprint density at radius 1 is 1.56 bits per heavy atom. The van der Waals surface area contributed by atoms with Crippen LogP contribution in [0.2, 0.25) is 0 Å². The Morgan fingerprint density at radius 2 is 2.38 bits per heavy atom. The van der Waals surface area contributed by atoms with E-state index in [4.69, 9.17) is 5.73 Å². The summed E-state index contributed by atoms with van der Waals surface area (Å²) in [7, 11) is 0. The van der Waals surface area contributed by atoms with E-state index in [1.54, 1.807) is 0 Å². The number of anilines is 1. The minimum absolute atomic E-state index is 0.0168. The third kappa shape index (κ3) is 2.39. The van der Waals surface area contributed by atoms with Crippen molar-refractivity contribution < 1.29 is 9.18 Å². The van der Waals surface area contributed by atoms with Crippen LogP contribution in [0.3, 0.4) is 0 Å². The number of Topliss-reactive ketones (excluding diaryl/α,β-unsaturated/α-hetero) is 1. The number of halogens is 1. The molecule has 0 aliphatic carbocycles. The average molecular weight is 222 g/mol. The number of nitrogens with one attached hydrogen (secondary N) is 1. The van der Waals surface area contributed by atoms with Gasteiger partial charge in [-0.3, -0.25) is 4.79 Å². The fraction of sp³-hybridized carbons (Fsp3) is 0.417. The number of rotatable bonds is 3. The Kier molecular flexibility index (Phi) is 3.19. The molecule has 1 atom stereocenters. The van der Waals surface area contributed by atoms with Gasteiger partial charge in [-0.25, -0.2) is 4.39 Å². The Hall–Kier alpha value is -1.42. The summed E-state index contributed by atoms with van der Waals surface area (Å²) in [6, 6.07) is 4.17. The molecule has 0 saturated carbocycles. The SMILES string of the molecule is Nc1cc(F)ccc1C(=O)CC1CCCN1. The highest BCUT2D eigenvalue weighted by atomic mass is 19.1. The lowest BCUT2D eigenvalue weighted by atomic mass is 10.0. The van der Waals surface area contributed by atoms with Gasteiger partial charge in [-0.05, 0) is 37.6 Å². The molecule has 1 heterocycles. The van der Waals surface area contributed by atoms with Crippen molar-refractivity contribution >= 4 is 11.5 Å². The highest BCUT2D eigenvalue weighted by molar-refractivity contribution is 6.01. The van der Waals surface area contributed by atoms with Crippen LogP contribution in [0.25, 0.3) is 0 Å². The molecule has 1 aliphatic rings. The number of nitrogens with two attached hydrogens (primary N) is 1. The predicted molar refractivity (Wildman–Crippen MR) is 60.8 cm³/mol. The molecule has 2 rings (SSSR count). The second kappa shape index (κ2) is 4.61. The Bertz CT molecular complexity index is 400. The maximum Gasteiger partial charge on any atom is 0.166 e. The first-order chi connectivity index (χ1) is 7.66. The molecule has 0 amide bonds. The summed E-state index contributed by atoms with van der Waals surface area (Å²) in [5.74, 6) is -0.426. The van der Waals surface area contributed by atoms with Gasteiger partial charge in [-0.2, -0.15) is 0 Å². The van der Waals surface area contributed by atoms with Crippen LogP contribution < -0.4 is 11.1 Å². The lowest BCUT2D eigenvalue weighted by molar-refractivity contribution is 0.0972. The quantitative estimate of drug-likeness (QED) is 0.605. The number of benzene rings is 1. The molecule has 1 saturated heterocycles. The van der Waals surface area contributed by atoms with Crippen molar-refractivity contribution in [3.8, 4) is 0 Å². The summed E-state index contributed by atoms with van der Waals surface area (Å²) in [4.78, 5) is 11.9. The van der Waals surface area contributed by atoms with Gasteiger partial charge in [0.05, 0.1) is 0 Å². The fourth-order valence-electron chi connectivity index (χ4n) is 2.05. The van der Waals surface area contributed by atoms with Crippen LogP contribution in [0, 0.1) is 5.82 Å². The first kappa shape index (κ1) is 11.1. The molecular formula is C12H15FN2O. The Balaban J connectivity index is 2.08. The first-order valence-corrected chi connectivity index (χ1v) is 5.48. The molecule has 1 fully saturated rings. The van der Waals surface area contributed by atoms with Gasteiger partial charge in [-0.15, -0.1) is 0 Å². The summed E-state index contributed by atoms with van der Waals surface area (Å²) in [6.07, 6.45) is 2.57. The van der Waals surface area contributed by atoms with Crippen LogP contribution in [0.15, 0.2) is 18.2 Å². The molecule has 0 radical (unpaired) electrons. The van der Waals surface area contributed by atoms with Crippen molar-refractivity contribution in [1.29, 1.82) is 0 Å². The zero-order valence-electron chi connectivity index (χ0n) is 9.00. The largest absolute Gasteiger partial charge is 0.398 e. The predicted octanol–water partition coefficient (Wildman–Crippen LogP) is 1.73. The van der Waals surface area contributed by atoms with Crippen LogP contribution in [0.5, 0.6) is 0 Å². The maximum atomic E-state index is 12.8. The summed E-state index contributed by atoms with van der Waals surface area (Å²) in [5.41, 5.74) is 6.27. The monoisotopic (exact) mass is 222 g/mol. The number of carbonyl (C=O) groups excluding carboxylic acids is 1. The van der Waals surface area contributed by atoms with Crippen LogP contribution in [-0.4, -0.2) is 18.4 Å². The van der Waals surface area contributed by atoms with Crippen molar-refractivity contribution in [3.63, 3.8) is 0 Å². The van der Waals surface area contributed by atoms with Crippen LogP contribution in [0.1, 0.15) is 29.6 Å². The first-order valence-electron chi connectivity index (χ1n) is 5.48. The van der Waals surface area contributed by atoms with E-state index >= 15 is 0 Å². The highest BCUT2D eigenvalue weighted by Crippen LogP contribution is 2.18. The van der Waals surface area contributed by atoms with Gasteiger partial charge in [0, 0.05) is 23.7 Å². The number of hydrogen-bond donors (Lipinski definition) is 2. The average Bonchev–Trinajstić information content (AvgIpc) is 2.70. The summed E-state index contributed by atoms with van der Waals surface area (Å²) in [6.45, 7) is 0.969. The smallest absolute Gasteiger partial charge is 0.166 e. The van der Waals surface area contributed by atoms with Gasteiger partial charge < -0.3 is 11.1 Å². The summed E-state index contributed by atoms with van der Waals surface area (Å²) >= 11 is 0. The number of ketones is 1. The molecule has 1 aliphatic heterocycles. The lowest BCUT2D eigenvalue weighted by Gasteiger charge is -2.10. The van der Waals surface area contributed by atoms with E-state index in [2.05, 4.69) is 5.32 Å². The van der Waals surface area contributed by atoms with Crippen molar-refractivity contribution in [2.24, 2.45) is 0 Å². The molecule has 0 aromatic heterocycles. The maximum absolute atomic E-state index is 12.8. The molecule has 86 valence electrons. The third-order valence-corrected chi connectivity index (χ3v) is 2.91. The molecule has 16 heavy (non-hydrogen) atoms. The summed E-state index contributed by atoms with van der Waals surface area (Å²) in [5, 5.41) is 3.25.